The fraction of sp³-hybridized carbons (Fsp3) is 0.391. The summed E-state index contributed by atoms with van der Waals surface area (Å²) in [6, 6.07) is 14.3. The summed E-state index contributed by atoms with van der Waals surface area (Å²) in [6.45, 7) is 7.60. The zero-order valence-corrected chi connectivity index (χ0v) is 16.8. The summed E-state index contributed by atoms with van der Waals surface area (Å²) < 4.78 is 3.35. The van der Waals surface area contributed by atoms with Gasteiger partial charge >= 0.3 is 5.69 Å². The number of benzene rings is 2. The van der Waals surface area contributed by atoms with E-state index in [0.717, 1.165) is 30.4 Å². The maximum Gasteiger partial charge on any atom is 0.329 e. The van der Waals surface area contributed by atoms with Crippen LogP contribution in [0.25, 0.3) is 11.0 Å². The van der Waals surface area contributed by atoms with Crippen molar-refractivity contribution in [2.45, 2.75) is 52.7 Å². The van der Waals surface area contributed by atoms with Gasteiger partial charge in [-0.25, -0.2) is 4.79 Å². The van der Waals surface area contributed by atoms with Crippen molar-refractivity contribution in [3.63, 3.8) is 0 Å². The van der Waals surface area contributed by atoms with Crippen molar-refractivity contribution in [3.8, 4) is 0 Å². The number of fused-ring (bicyclic) bond motifs is 1. The predicted molar refractivity (Wildman–Crippen MR) is 111 cm³/mol. The lowest BCUT2D eigenvalue weighted by Gasteiger charge is -2.26. The highest BCUT2D eigenvalue weighted by atomic mass is 16.2. The first kappa shape index (κ1) is 18.5. The molecule has 0 radical (unpaired) electrons. The number of para-hydroxylation sites is 2. The van der Waals surface area contributed by atoms with E-state index in [1.54, 1.807) is 9.13 Å². The molecule has 4 rings (SSSR count). The molecule has 1 amide bonds. The summed E-state index contributed by atoms with van der Waals surface area (Å²) in [5.41, 5.74) is 5.30. The molecule has 146 valence electrons. The third-order valence-corrected chi connectivity index (χ3v) is 6.02. The van der Waals surface area contributed by atoms with Gasteiger partial charge in [-0.3, -0.25) is 13.9 Å². The Morgan fingerprint density at radius 2 is 1.75 bits per heavy atom. The number of aromatic nitrogens is 2. The number of aryl methyl sites for hydroxylation is 3. The Morgan fingerprint density at radius 3 is 2.43 bits per heavy atom. The number of amides is 1. The number of carbonyl (C=O) groups excluding carboxylic acids is 1. The van der Waals surface area contributed by atoms with Gasteiger partial charge < -0.3 is 4.90 Å². The van der Waals surface area contributed by atoms with Crippen molar-refractivity contribution < 1.29 is 4.79 Å². The number of nitrogens with zero attached hydrogens (tertiary/aromatic N) is 3. The Bertz CT molecular complexity index is 1090. The molecule has 0 N–H and O–H groups in total. The predicted octanol–water partition coefficient (Wildman–Crippen LogP) is 3.80. The normalized spacial score (nSPS) is 16.8. The zero-order chi connectivity index (χ0) is 19.8. The van der Waals surface area contributed by atoms with Crippen molar-refractivity contribution in [1.29, 1.82) is 0 Å². The Balaban J connectivity index is 1.65. The Labute approximate surface area is 165 Å². The van der Waals surface area contributed by atoms with Gasteiger partial charge in [0.25, 0.3) is 0 Å². The summed E-state index contributed by atoms with van der Waals surface area (Å²) >= 11 is 0. The average Bonchev–Trinajstić information content (AvgIpc) is 3.28. The topological polar surface area (TPSA) is 47.2 Å². The largest absolute Gasteiger partial charge is 0.334 e. The second-order valence-corrected chi connectivity index (χ2v) is 7.69. The molecule has 1 aliphatic rings. The first-order valence-electron chi connectivity index (χ1n) is 10.1. The Hall–Kier alpha value is -2.82. The standard InChI is InChI=1S/C23H27N3O2/c1-4-24-20-8-5-6-9-21(20)26(23(24)28)15-22(27)25-13-7-10-19(25)18-12-11-16(2)17(3)14-18/h5-6,8-9,11-12,14,19H,4,7,10,13,15H2,1-3H3. The molecule has 1 atom stereocenters. The molecule has 1 saturated heterocycles. The minimum Gasteiger partial charge on any atom is -0.334 e. The molecule has 3 aromatic rings. The van der Waals surface area contributed by atoms with Crippen LogP contribution in [0, 0.1) is 13.8 Å². The summed E-state index contributed by atoms with van der Waals surface area (Å²) in [4.78, 5) is 28.0. The number of rotatable bonds is 4. The van der Waals surface area contributed by atoms with Crippen molar-refractivity contribution in [3.05, 3.63) is 69.6 Å². The Kier molecular flexibility index (Phi) is 4.84. The molecular weight excluding hydrogens is 350 g/mol. The van der Waals surface area contributed by atoms with E-state index in [-0.39, 0.29) is 24.2 Å². The quantitative estimate of drug-likeness (QED) is 0.694. The van der Waals surface area contributed by atoms with E-state index in [1.807, 2.05) is 36.1 Å². The zero-order valence-electron chi connectivity index (χ0n) is 16.8. The fourth-order valence-electron chi connectivity index (χ4n) is 4.34. The molecule has 5 heteroatoms. The van der Waals surface area contributed by atoms with Crippen LogP contribution in [-0.2, 0) is 17.9 Å². The van der Waals surface area contributed by atoms with Gasteiger partial charge in [0.2, 0.25) is 5.91 Å². The number of imidazole rings is 1. The molecular formula is C23H27N3O2. The van der Waals surface area contributed by atoms with Gasteiger partial charge in [-0.1, -0.05) is 30.3 Å². The lowest BCUT2D eigenvalue weighted by Crippen LogP contribution is -2.36. The van der Waals surface area contributed by atoms with E-state index in [1.165, 1.54) is 16.7 Å². The highest BCUT2D eigenvalue weighted by molar-refractivity contribution is 5.81. The molecule has 0 bridgehead atoms. The number of likely N-dealkylation sites (tertiary alicyclic amines) is 1. The molecule has 0 spiro atoms. The van der Waals surface area contributed by atoms with E-state index in [2.05, 4.69) is 32.0 Å². The van der Waals surface area contributed by atoms with Crippen LogP contribution in [0.3, 0.4) is 0 Å². The molecule has 2 aromatic carbocycles. The van der Waals surface area contributed by atoms with Crippen molar-refractivity contribution in [1.82, 2.24) is 14.0 Å². The van der Waals surface area contributed by atoms with Gasteiger partial charge in [0.15, 0.2) is 0 Å². The highest BCUT2D eigenvalue weighted by Crippen LogP contribution is 2.33. The number of hydrogen-bond donors (Lipinski definition) is 0. The SMILES string of the molecule is CCn1c(=O)n(CC(=O)N2CCCC2c2ccc(C)c(C)c2)c2ccccc21. The molecule has 1 aromatic heterocycles. The minimum atomic E-state index is -0.112. The lowest BCUT2D eigenvalue weighted by atomic mass is 9.99. The number of hydrogen-bond acceptors (Lipinski definition) is 2. The second-order valence-electron chi connectivity index (χ2n) is 7.69. The molecule has 2 heterocycles. The van der Waals surface area contributed by atoms with Crippen LogP contribution in [0.2, 0.25) is 0 Å². The first-order valence-corrected chi connectivity index (χ1v) is 10.1. The van der Waals surface area contributed by atoms with Crippen molar-refractivity contribution in [2.24, 2.45) is 0 Å². The van der Waals surface area contributed by atoms with Crippen LogP contribution in [0.1, 0.15) is 42.5 Å². The van der Waals surface area contributed by atoms with E-state index >= 15 is 0 Å². The number of carbonyl (C=O) groups is 1. The van der Waals surface area contributed by atoms with E-state index < -0.39 is 0 Å². The van der Waals surface area contributed by atoms with Gasteiger partial charge in [0.05, 0.1) is 17.1 Å². The molecule has 28 heavy (non-hydrogen) atoms. The van der Waals surface area contributed by atoms with Crippen molar-refractivity contribution >= 4 is 16.9 Å². The third kappa shape index (κ3) is 3.05. The highest BCUT2D eigenvalue weighted by Gasteiger charge is 2.30. The average molecular weight is 377 g/mol. The van der Waals surface area contributed by atoms with Crippen LogP contribution in [0.15, 0.2) is 47.3 Å². The summed E-state index contributed by atoms with van der Waals surface area (Å²) in [5, 5.41) is 0. The van der Waals surface area contributed by atoms with Crippen molar-refractivity contribution in [2.75, 3.05) is 6.54 Å². The third-order valence-electron chi connectivity index (χ3n) is 6.02. The maximum absolute atomic E-state index is 13.2. The minimum absolute atomic E-state index is 0.0156. The smallest absolute Gasteiger partial charge is 0.329 e. The van der Waals surface area contributed by atoms with Gasteiger partial charge in [0.1, 0.15) is 6.54 Å². The van der Waals surface area contributed by atoms with Gasteiger partial charge in [-0.2, -0.15) is 0 Å². The summed E-state index contributed by atoms with van der Waals surface area (Å²) in [5.74, 6) is 0.0156. The molecule has 0 saturated carbocycles. The fourth-order valence-corrected chi connectivity index (χ4v) is 4.34. The summed E-state index contributed by atoms with van der Waals surface area (Å²) in [6.07, 6.45) is 1.97. The Morgan fingerprint density at radius 1 is 1.04 bits per heavy atom. The van der Waals surface area contributed by atoms with Gasteiger partial charge in [0, 0.05) is 13.1 Å². The van der Waals surface area contributed by atoms with Gasteiger partial charge in [-0.05, 0) is 62.4 Å². The maximum atomic E-state index is 13.2. The van der Waals surface area contributed by atoms with E-state index in [4.69, 9.17) is 0 Å². The monoisotopic (exact) mass is 377 g/mol. The second kappa shape index (κ2) is 7.30. The molecule has 1 aliphatic heterocycles. The molecule has 5 nitrogen and oxygen atoms in total. The van der Waals surface area contributed by atoms with Crippen LogP contribution in [-0.4, -0.2) is 26.5 Å². The van der Waals surface area contributed by atoms with Crippen LogP contribution in [0.5, 0.6) is 0 Å². The summed E-state index contributed by atoms with van der Waals surface area (Å²) in [7, 11) is 0. The molecule has 1 unspecified atom stereocenters. The lowest BCUT2D eigenvalue weighted by molar-refractivity contribution is -0.132. The van der Waals surface area contributed by atoms with Crippen LogP contribution in [0.4, 0.5) is 0 Å². The van der Waals surface area contributed by atoms with E-state index in [9.17, 15) is 9.59 Å². The molecule has 1 fully saturated rings. The van der Waals surface area contributed by atoms with Gasteiger partial charge in [-0.15, -0.1) is 0 Å². The molecule has 0 aliphatic carbocycles. The first-order chi connectivity index (χ1) is 13.5. The van der Waals surface area contributed by atoms with Crippen LogP contribution >= 0.6 is 0 Å². The van der Waals surface area contributed by atoms with E-state index in [0.29, 0.717) is 6.54 Å². The van der Waals surface area contributed by atoms with Crippen LogP contribution < -0.4 is 5.69 Å².